The molecule has 0 aromatic carbocycles. The molecule has 0 saturated carbocycles. The zero-order valence-corrected chi connectivity index (χ0v) is 12.2. The average Bonchev–Trinajstić information content (AvgIpc) is 2.95. The summed E-state index contributed by atoms with van der Waals surface area (Å²) in [7, 11) is 0. The summed E-state index contributed by atoms with van der Waals surface area (Å²) in [6.45, 7) is 6.96. The Hall–Kier alpha value is -0.870. The lowest BCUT2D eigenvalue weighted by Gasteiger charge is -2.27. The lowest BCUT2D eigenvalue weighted by molar-refractivity contribution is 0.224. The molecule has 4 heteroatoms. The number of rotatable bonds is 3. The molecule has 106 valence electrons. The molecule has 0 radical (unpaired) electrons. The smallest absolute Gasteiger partial charge is 0.0844 e. The van der Waals surface area contributed by atoms with Crippen molar-refractivity contribution in [2.75, 3.05) is 13.1 Å². The molecule has 0 bridgehead atoms. The number of likely N-dealkylation sites (tertiary alicyclic amines) is 1. The number of hydrogen-bond acceptors (Lipinski definition) is 3. The topological polar surface area (TPSA) is 57.9 Å². The normalized spacial score (nSPS) is 28.0. The molecule has 2 unspecified atom stereocenters. The van der Waals surface area contributed by atoms with Crippen molar-refractivity contribution < 1.29 is 0 Å². The van der Waals surface area contributed by atoms with E-state index in [1.807, 2.05) is 0 Å². The van der Waals surface area contributed by atoms with Crippen molar-refractivity contribution in [1.82, 2.24) is 15.1 Å². The minimum Gasteiger partial charge on any atom is -0.324 e. The van der Waals surface area contributed by atoms with Crippen molar-refractivity contribution in [3.8, 4) is 0 Å². The molecule has 0 amide bonds. The monoisotopic (exact) mass is 262 g/mol. The van der Waals surface area contributed by atoms with Crippen molar-refractivity contribution in [2.45, 2.75) is 58.0 Å². The first-order valence-corrected chi connectivity index (χ1v) is 7.73. The minimum absolute atomic E-state index is 0.194. The lowest BCUT2D eigenvalue weighted by Crippen LogP contribution is -2.29. The van der Waals surface area contributed by atoms with Crippen LogP contribution in [0.2, 0.25) is 0 Å². The summed E-state index contributed by atoms with van der Waals surface area (Å²) >= 11 is 0. The predicted molar refractivity (Wildman–Crippen MR) is 76.8 cm³/mol. The Morgan fingerprint density at radius 3 is 3.00 bits per heavy atom. The van der Waals surface area contributed by atoms with E-state index in [1.54, 1.807) is 0 Å². The molecule has 1 saturated heterocycles. The standard InChI is InChI=1S/C15H26N4/c1-10(2)9-19-8-4-7-13(19)15-14-11(16)5-3-6-12(14)17-18-15/h10-11,13H,3-9,16H2,1-2H3,(H,17,18). The molecule has 1 aromatic rings. The number of nitrogens with one attached hydrogen (secondary N) is 1. The van der Waals surface area contributed by atoms with Crippen LogP contribution in [0.5, 0.6) is 0 Å². The second-order valence-electron chi connectivity index (χ2n) is 6.55. The third kappa shape index (κ3) is 2.43. The highest BCUT2D eigenvalue weighted by atomic mass is 15.2. The summed E-state index contributed by atoms with van der Waals surface area (Å²) in [6.07, 6.45) is 5.94. The molecule has 2 heterocycles. The SMILES string of the molecule is CC(C)CN1CCCC1c1n[nH]c2c1C(N)CCC2. The van der Waals surface area contributed by atoms with Gasteiger partial charge in [-0.2, -0.15) is 5.10 Å². The van der Waals surface area contributed by atoms with Gasteiger partial charge in [0.05, 0.1) is 11.7 Å². The maximum Gasteiger partial charge on any atom is 0.0844 e. The van der Waals surface area contributed by atoms with E-state index in [9.17, 15) is 0 Å². The van der Waals surface area contributed by atoms with Crippen molar-refractivity contribution in [3.63, 3.8) is 0 Å². The molecule has 4 nitrogen and oxygen atoms in total. The first kappa shape index (κ1) is 13.1. The summed E-state index contributed by atoms with van der Waals surface area (Å²) in [6, 6.07) is 0.686. The number of aromatic nitrogens is 2. The molecular weight excluding hydrogens is 236 g/mol. The summed E-state index contributed by atoms with van der Waals surface area (Å²) in [4.78, 5) is 2.60. The van der Waals surface area contributed by atoms with Gasteiger partial charge >= 0.3 is 0 Å². The van der Waals surface area contributed by atoms with Crippen LogP contribution in [0.1, 0.15) is 68.6 Å². The van der Waals surface area contributed by atoms with Gasteiger partial charge in [-0.1, -0.05) is 13.8 Å². The zero-order chi connectivity index (χ0) is 13.4. The van der Waals surface area contributed by atoms with Crippen molar-refractivity contribution in [1.29, 1.82) is 0 Å². The van der Waals surface area contributed by atoms with E-state index in [-0.39, 0.29) is 6.04 Å². The molecule has 19 heavy (non-hydrogen) atoms. The highest BCUT2D eigenvalue weighted by Crippen LogP contribution is 2.38. The van der Waals surface area contributed by atoms with E-state index in [0.29, 0.717) is 12.0 Å². The maximum absolute atomic E-state index is 6.33. The second kappa shape index (κ2) is 5.25. The first-order valence-electron chi connectivity index (χ1n) is 7.73. The summed E-state index contributed by atoms with van der Waals surface area (Å²) in [5.74, 6) is 0.712. The minimum atomic E-state index is 0.194. The largest absolute Gasteiger partial charge is 0.324 e. The third-order valence-corrected chi connectivity index (χ3v) is 4.50. The number of fused-ring (bicyclic) bond motifs is 1. The Kier molecular flexibility index (Phi) is 3.63. The van der Waals surface area contributed by atoms with Crippen LogP contribution in [0, 0.1) is 5.92 Å². The van der Waals surface area contributed by atoms with Crippen LogP contribution in [0.15, 0.2) is 0 Å². The summed E-state index contributed by atoms with van der Waals surface area (Å²) < 4.78 is 0. The number of H-pyrrole nitrogens is 1. The quantitative estimate of drug-likeness (QED) is 0.880. The molecule has 2 atom stereocenters. The fraction of sp³-hybridized carbons (Fsp3) is 0.800. The van der Waals surface area contributed by atoms with Gasteiger partial charge in [-0.15, -0.1) is 0 Å². The Morgan fingerprint density at radius 1 is 1.37 bits per heavy atom. The highest BCUT2D eigenvalue weighted by molar-refractivity contribution is 5.33. The predicted octanol–water partition coefficient (Wildman–Crippen LogP) is 2.54. The molecule has 1 aromatic heterocycles. The van der Waals surface area contributed by atoms with Gasteiger partial charge in [0.2, 0.25) is 0 Å². The fourth-order valence-electron chi connectivity index (χ4n) is 3.73. The maximum atomic E-state index is 6.33. The Balaban J connectivity index is 1.87. The second-order valence-corrected chi connectivity index (χ2v) is 6.55. The van der Waals surface area contributed by atoms with Crippen LogP contribution >= 0.6 is 0 Å². The van der Waals surface area contributed by atoms with Gasteiger partial charge < -0.3 is 5.73 Å². The Labute approximate surface area is 115 Å². The van der Waals surface area contributed by atoms with Gasteiger partial charge in [0, 0.05) is 23.8 Å². The van der Waals surface area contributed by atoms with Crippen LogP contribution in [0.4, 0.5) is 0 Å². The van der Waals surface area contributed by atoms with E-state index in [2.05, 4.69) is 28.9 Å². The lowest BCUT2D eigenvalue weighted by atomic mass is 9.89. The highest BCUT2D eigenvalue weighted by Gasteiger charge is 2.33. The molecule has 1 aliphatic carbocycles. The number of nitrogens with zero attached hydrogens (tertiary/aromatic N) is 2. The van der Waals surface area contributed by atoms with Crippen LogP contribution in [-0.2, 0) is 6.42 Å². The fourth-order valence-corrected chi connectivity index (χ4v) is 3.73. The van der Waals surface area contributed by atoms with E-state index in [0.717, 1.165) is 12.8 Å². The number of hydrogen-bond donors (Lipinski definition) is 2. The van der Waals surface area contributed by atoms with Crippen LogP contribution in [-0.4, -0.2) is 28.2 Å². The Morgan fingerprint density at radius 2 is 2.21 bits per heavy atom. The zero-order valence-electron chi connectivity index (χ0n) is 12.2. The van der Waals surface area contributed by atoms with Gasteiger partial charge in [-0.3, -0.25) is 10.00 Å². The van der Waals surface area contributed by atoms with Gasteiger partial charge in [0.25, 0.3) is 0 Å². The number of nitrogens with two attached hydrogens (primary N) is 1. The molecule has 3 N–H and O–H groups in total. The van der Waals surface area contributed by atoms with Gasteiger partial charge in [0.1, 0.15) is 0 Å². The van der Waals surface area contributed by atoms with Crippen molar-refractivity contribution >= 4 is 0 Å². The van der Waals surface area contributed by atoms with Crippen molar-refractivity contribution in [2.24, 2.45) is 11.7 Å². The average molecular weight is 262 g/mol. The van der Waals surface area contributed by atoms with E-state index in [4.69, 9.17) is 5.73 Å². The molecule has 2 aliphatic rings. The van der Waals surface area contributed by atoms with Gasteiger partial charge in [0.15, 0.2) is 0 Å². The number of aryl methyl sites for hydroxylation is 1. The molecular formula is C15H26N4. The van der Waals surface area contributed by atoms with Crippen molar-refractivity contribution in [3.05, 3.63) is 17.0 Å². The molecule has 3 rings (SSSR count). The molecule has 1 aliphatic heterocycles. The van der Waals surface area contributed by atoms with Crippen LogP contribution in [0.3, 0.4) is 0 Å². The van der Waals surface area contributed by atoms with E-state index < -0.39 is 0 Å². The third-order valence-electron chi connectivity index (χ3n) is 4.50. The summed E-state index contributed by atoms with van der Waals surface area (Å²) in [5.41, 5.74) is 10.2. The van der Waals surface area contributed by atoms with Gasteiger partial charge in [-0.05, 0) is 44.6 Å². The van der Waals surface area contributed by atoms with E-state index >= 15 is 0 Å². The molecule has 0 spiro atoms. The first-order chi connectivity index (χ1) is 9.16. The Bertz CT molecular complexity index is 437. The number of aromatic amines is 1. The van der Waals surface area contributed by atoms with Crippen LogP contribution in [0.25, 0.3) is 0 Å². The molecule has 1 fully saturated rings. The van der Waals surface area contributed by atoms with Crippen LogP contribution < -0.4 is 5.73 Å². The van der Waals surface area contributed by atoms with Gasteiger partial charge in [-0.25, -0.2) is 0 Å². The summed E-state index contributed by atoms with van der Waals surface area (Å²) in [5, 5.41) is 7.89. The van der Waals surface area contributed by atoms with E-state index in [1.165, 1.54) is 49.3 Å².